The van der Waals surface area contributed by atoms with Gasteiger partial charge in [0.1, 0.15) is 30.8 Å². The third kappa shape index (κ3) is 5.14. The number of halogens is 1. The molecule has 6 nitrogen and oxygen atoms in total. The lowest BCUT2D eigenvalue weighted by molar-refractivity contribution is -0.116. The van der Waals surface area contributed by atoms with E-state index < -0.39 is 0 Å². The number of nitrogens with zero attached hydrogens (tertiary/aromatic N) is 3. The van der Waals surface area contributed by atoms with E-state index in [2.05, 4.69) is 15.4 Å². The van der Waals surface area contributed by atoms with Crippen molar-refractivity contribution < 1.29 is 13.9 Å². The van der Waals surface area contributed by atoms with Gasteiger partial charge in [0.25, 0.3) is 0 Å². The first-order valence-electron chi connectivity index (χ1n) is 8.29. The van der Waals surface area contributed by atoms with Crippen LogP contribution in [0.25, 0.3) is 0 Å². The first-order chi connectivity index (χ1) is 12.7. The van der Waals surface area contributed by atoms with Crippen molar-refractivity contribution in [3.05, 3.63) is 72.6 Å². The molecular formula is C19H19FN4O2. The summed E-state index contributed by atoms with van der Waals surface area (Å²) in [6.07, 6.45) is 3.65. The molecule has 0 saturated carbocycles. The van der Waals surface area contributed by atoms with E-state index in [4.69, 9.17) is 4.74 Å². The molecule has 1 aromatic heterocycles. The van der Waals surface area contributed by atoms with Crippen LogP contribution in [0.2, 0.25) is 0 Å². The van der Waals surface area contributed by atoms with E-state index in [0.29, 0.717) is 36.6 Å². The Morgan fingerprint density at radius 1 is 1.19 bits per heavy atom. The van der Waals surface area contributed by atoms with Crippen molar-refractivity contribution in [2.45, 2.75) is 19.4 Å². The molecule has 3 rings (SSSR count). The highest BCUT2D eigenvalue weighted by molar-refractivity contribution is 5.91. The fourth-order valence-corrected chi connectivity index (χ4v) is 2.44. The van der Waals surface area contributed by atoms with E-state index in [1.165, 1.54) is 12.4 Å². The summed E-state index contributed by atoms with van der Waals surface area (Å²) in [5, 5.41) is 6.80. The lowest BCUT2D eigenvalue weighted by atomic mass is 10.1. The Bertz CT molecular complexity index is 852. The molecule has 0 aliphatic rings. The van der Waals surface area contributed by atoms with E-state index in [0.717, 1.165) is 0 Å². The Kier molecular flexibility index (Phi) is 5.92. The number of hydrogen-bond donors (Lipinski definition) is 1. The summed E-state index contributed by atoms with van der Waals surface area (Å²) in [5.41, 5.74) is 1.18. The number of anilines is 1. The van der Waals surface area contributed by atoms with Crippen LogP contribution >= 0.6 is 0 Å². The zero-order valence-corrected chi connectivity index (χ0v) is 14.1. The Morgan fingerprint density at radius 3 is 2.88 bits per heavy atom. The Balaban J connectivity index is 1.48. The van der Waals surface area contributed by atoms with Gasteiger partial charge in [-0.05, 0) is 30.2 Å². The predicted molar refractivity (Wildman–Crippen MR) is 95.3 cm³/mol. The zero-order chi connectivity index (χ0) is 18.2. The molecule has 26 heavy (non-hydrogen) atoms. The van der Waals surface area contributed by atoms with Crippen molar-refractivity contribution in [1.29, 1.82) is 0 Å². The van der Waals surface area contributed by atoms with E-state index in [1.807, 2.05) is 6.07 Å². The average molecular weight is 354 g/mol. The SMILES string of the molecule is O=C(CCc1ccccc1F)Nc1cccc(OCCn2cncn2)c1. The smallest absolute Gasteiger partial charge is 0.224 e. The molecule has 7 heteroatoms. The molecule has 0 atom stereocenters. The van der Waals surface area contributed by atoms with Gasteiger partial charge in [0.05, 0.1) is 6.54 Å². The van der Waals surface area contributed by atoms with Crippen LogP contribution in [0.15, 0.2) is 61.2 Å². The van der Waals surface area contributed by atoms with Crippen LogP contribution in [0.5, 0.6) is 5.75 Å². The van der Waals surface area contributed by atoms with Gasteiger partial charge in [-0.3, -0.25) is 4.79 Å². The number of aryl methyl sites for hydroxylation is 1. The molecule has 0 bridgehead atoms. The fraction of sp³-hybridized carbons (Fsp3) is 0.211. The van der Waals surface area contributed by atoms with E-state index in [9.17, 15) is 9.18 Å². The number of nitrogens with one attached hydrogen (secondary N) is 1. The quantitative estimate of drug-likeness (QED) is 0.675. The maximum Gasteiger partial charge on any atom is 0.224 e. The fourth-order valence-electron chi connectivity index (χ4n) is 2.44. The first-order valence-corrected chi connectivity index (χ1v) is 8.29. The minimum Gasteiger partial charge on any atom is -0.492 e. The summed E-state index contributed by atoms with van der Waals surface area (Å²) < 4.78 is 20.9. The normalized spacial score (nSPS) is 10.5. The van der Waals surface area contributed by atoms with Gasteiger partial charge in [-0.1, -0.05) is 24.3 Å². The molecule has 0 fully saturated rings. The van der Waals surface area contributed by atoms with Crippen LogP contribution in [0.3, 0.4) is 0 Å². The number of aromatic nitrogens is 3. The summed E-state index contributed by atoms with van der Waals surface area (Å²) in [7, 11) is 0. The molecule has 0 radical (unpaired) electrons. The number of amides is 1. The second-order valence-electron chi connectivity index (χ2n) is 5.67. The maximum absolute atomic E-state index is 13.6. The molecule has 134 valence electrons. The van der Waals surface area contributed by atoms with Gasteiger partial charge >= 0.3 is 0 Å². The minimum absolute atomic E-state index is 0.173. The zero-order valence-electron chi connectivity index (χ0n) is 14.1. The van der Waals surface area contributed by atoms with Crippen molar-refractivity contribution in [2.24, 2.45) is 0 Å². The van der Waals surface area contributed by atoms with Gasteiger partial charge in [0.15, 0.2) is 0 Å². The van der Waals surface area contributed by atoms with Gasteiger partial charge in [-0.2, -0.15) is 5.10 Å². The van der Waals surface area contributed by atoms with E-state index >= 15 is 0 Å². The summed E-state index contributed by atoms with van der Waals surface area (Å²) >= 11 is 0. The van der Waals surface area contributed by atoms with Crippen molar-refractivity contribution >= 4 is 11.6 Å². The first kappa shape index (κ1) is 17.6. The summed E-state index contributed by atoms with van der Waals surface area (Å²) in [6, 6.07) is 13.6. The number of hydrogen-bond acceptors (Lipinski definition) is 4. The molecular weight excluding hydrogens is 335 g/mol. The highest BCUT2D eigenvalue weighted by Crippen LogP contribution is 2.18. The van der Waals surface area contributed by atoms with Crippen molar-refractivity contribution in [3.63, 3.8) is 0 Å². The third-order valence-corrected chi connectivity index (χ3v) is 3.75. The molecule has 0 aliphatic carbocycles. The van der Waals surface area contributed by atoms with E-state index in [1.54, 1.807) is 47.4 Å². The number of benzene rings is 2. The molecule has 0 saturated heterocycles. The van der Waals surface area contributed by atoms with Crippen molar-refractivity contribution in [2.75, 3.05) is 11.9 Å². The predicted octanol–water partition coefficient (Wildman–Crippen LogP) is 3.07. The van der Waals surface area contributed by atoms with Crippen molar-refractivity contribution in [1.82, 2.24) is 14.8 Å². The Hall–Kier alpha value is -3.22. The maximum atomic E-state index is 13.6. The third-order valence-electron chi connectivity index (χ3n) is 3.75. The molecule has 1 heterocycles. The molecule has 2 aromatic carbocycles. The molecule has 0 aliphatic heterocycles. The number of ether oxygens (including phenoxy) is 1. The molecule has 1 amide bonds. The van der Waals surface area contributed by atoms with Gasteiger partial charge < -0.3 is 10.1 Å². The topological polar surface area (TPSA) is 69.0 Å². The molecule has 3 aromatic rings. The standard InChI is InChI=1S/C19H19FN4O2/c20-18-7-2-1-4-15(18)8-9-19(25)23-16-5-3-6-17(12-16)26-11-10-24-14-21-13-22-24/h1-7,12-14H,8-11H2,(H,23,25). The van der Waals surface area contributed by atoms with E-state index in [-0.39, 0.29) is 18.1 Å². The monoisotopic (exact) mass is 354 g/mol. The lowest BCUT2D eigenvalue weighted by Gasteiger charge is -2.09. The molecule has 1 N–H and O–H groups in total. The van der Waals surface area contributed by atoms with Crippen LogP contribution in [0.4, 0.5) is 10.1 Å². The van der Waals surface area contributed by atoms with Crippen LogP contribution in [0, 0.1) is 5.82 Å². The van der Waals surface area contributed by atoms with Crippen LogP contribution in [-0.2, 0) is 17.8 Å². The largest absolute Gasteiger partial charge is 0.492 e. The summed E-state index contributed by atoms with van der Waals surface area (Å²) in [4.78, 5) is 15.9. The van der Waals surface area contributed by atoms with Gasteiger partial charge in [-0.15, -0.1) is 0 Å². The van der Waals surface area contributed by atoms with Crippen LogP contribution < -0.4 is 10.1 Å². The number of carbonyl (C=O) groups excluding carboxylic acids is 1. The average Bonchev–Trinajstić information content (AvgIpc) is 3.15. The number of rotatable bonds is 8. The highest BCUT2D eigenvalue weighted by atomic mass is 19.1. The Labute approximate surface area is 150 Å². The van der Waals surface area contributed by atoms with Crippen LogP contribution in [0.1, 0.15) is 12.0 Å². The summed E-state index contributed by atoms with van der Waals surface area (Å²) in [6.45, 7) is 1.02. The van der Waals surface area contributed by atoms with Gasteiger partial charge in [0, 0.05) is 18.2 Å². The number of carbonyl (C=O) groups is 1. The second-order valence-corrected chi connectivity index (χ2v) is 5.67. The van der Waals surface area contributed by atoms with Gasteiger partial charge in [-0.25, -0.2) is 14.1 Å². The molecule has 0 unspecified atom stereocenters. The minimum atomic E-state index is -0.289. The van der Waals surface area contributed by atoms with Gasteiger partial charge in [0.2, 0.25) is 5.91 Å². The second kappa shape index (κ2) is 8.75. The van der Waals surface area contributed by atoms with Crippen LogP contribution in [-0.4, -0.2) is 27.3 Å². The Morgan fingerprint density at radius 2 is 2.08 bits per heavy atom. The van der Waals surface area contributed by atoms with Crippen molar-refractivity contribution in [3.8, 4) is 5.75 Å². The summed E-state index contributed by atoms with van der Waals surface area (Å²) in [5.74, 6) is 0.188. The molecule has 0 spiro atoms. The highest BCUT2D eigenvalue weighted by Gasteiger charge is 2.07. The lowest BCUT2D eigenvalue weighted by Crippen LogP contribution is -2.13.